The minimum absolute atomic E-state index is 0.154. The Morgan fingerprint density at radius 2 is 2.37 bits per heavy atom. The van der Waals surface area contributed by atoms with Crippen molar-refractivity contribution in [3.63, 3.8) is 0 Å². The average molecular weight is 264 g/mol. The summed E-state index contributed by atoms with van der Waals surface area (Å²) in [5.74, 6) is -1.34. The van der Waals surface area contributed by atoms with Crippen molar-refractivity contribution in [3.05, 3.63) is 30.1 Å². The molecule has 6 heteroatoms. The maximum atomic E-state index is 11.8. The summed E-state index contributed by atoms with van der Waals surface area (Å²) in [4.78, 5) is 28.1. The number of rotatable bonds is 3. The van der Waals surface area contributed by atoms with Gasteiger partial charge in [-0.05, 0) is 18.9 Å². The molecule has 1 aliphatic heterocycles. The molecule has 1 saturated heterocycles. The monoisotopic (exact) mass is 264 g/mol. The summed E-state index contributed by atoms with van der Waals surface area (Å²) in [5, 5.41) is 8.96. The molecule has 1 atom stereocenters. The molecule has 0 aliphatic carbocycles. The number of aliphatic carboxylic acids is 1. The highest BCUT2D eigenvalue weighted by atomic mass is 16.6. The van der Waals surface area contributed by atoms with E-state index in [1.54, 1.807) is 18.5 Å². The molecule has 1 aliphatic rings. The van der Waals surface area contributed by atoms with Crippen molar-refractivity contribution in [2.45, 2.75) is 19.4 Å². The van der Waals surface area contributed by atoms with Crippen molar-refractivity contribution >= 4 is 12.1 Å². The maximum Gasteiger partial charge on any atom is 0.410 e. The zero-order valence-electron chi connectivity index (χ0n) is 10.5. The normalized spacial score (nSPS) is 18.9. The van der Waals surface area contributed by atoms with Gasteiger partial charge in [0.15, 0.2) is 0 Å². The number of carbonyl (C=O) groups excluding carboxylic acids is 1. The Morgan fingerprint density at radius 3 is 3.05 bits per heavy atom. The van der Waals surface area contributed by atoms with Crippen LogP contribution in [0, 0.1) is 5.92 Å². The molecule has 1 unspecified atom stereocenters. The van der Waals surface area contributed by atoms with Crippen LogP contribution in [-0.4, -0.2) is 40.1 Å². The zero-order chi connectivity index (χ0) is 13.7. The summed E-state index contributed by atoms with van der Waals surface area (Å²) in [5.41, 5.74) is 0.808. The number of pyridine rings is 1. The SMILES string of the molecule is O=C(O)C1CCCN(C(=O)OCc2cccnc2)C1. The van der Waals surface area contributed by atoms with E-state index in [-0.39, 0.29) is 13.2 Å². The third kappa shape index (κ3) is 3.67. The van der Waals surface area contributed by atoms with Crippen molar-refractivity contribution < 1.29 is 19.4 Å². The maximum absolute atomic E-state index is 11.8. The van der Waals surface area contributed by atoms with Crippen LogP contribution in [-0.2, 0) is 16.1 Å². The van der Waals surface area contributed by atoms with Crippen LogP contribution in [0.3, 0.4) is 0 Å². The molecule has 0 aromatic carbocycles. The number of carboxylic acids is 1. The van der Waals surface area contributed by atoms with Gasteiger partial charge in [0.2, 0.25) is 0 Å². The first kappa shape index (κ1) is 13.3. The molecule has 0 radical (unpaired) electrons. The molecule has 0 spiro atoms. The van der Waals surface area contributed by atoms with E-state index in [0.717, 1.165) is 5.56 Å². The van der Waals surface area contributed by atoms with Crippen LogP contribution in [0.1, 0.15) is 18.4 Å². The third-order valence-electron chi connectivity index (χ3n) is 3.11. The minimum Gasteiger partial charge on any atom is -0.481 e. The predicted molar refractivity (Wildman–Crippen MR) is 66.4 cm³/mol. The second kappa shape index (κ2) is 6.17. The Bertz CT molecular complexity index is 449. The van der Waals surface area contributed by atoms with Gasteiger partial charge in [0.1, 0.15) is 6.61 Å². The minimum atomic E-state index is -0.857. The standard InChI is InChI=1S/C13H16N2O4/c16-12(17)11-4-2-6-15(8-11)13(18)19-9-10-3-1-5-14-7-10/h1,3,5,7,11H,2,4,6,8-9H2,(H,16,17). The molecule has 1 fully saturated rings. The molecule has 1 aromatic heterocycles. The summed E-state index contributed by atoms with van der Waals surface area (Å²) in [7, 11) is 0. The van der Waals surface area contributed by atoms with Gasteiger partial charge in [-0.2, -0.15) is 0 Å². The van der Waals surface area contributed by atoms with Gasteiger partial charge in [-0.15, -0.1) is 0 Å². The number of likely N-dealkylation sites (tertiary alicyclic amines) is 1. The van der Waals surface area contributed by atoms with Gasteiger partial charge in [0.25, 0.3) is 0 Å². The number of piperidine rings is 1. The number of ether oxygens (including phenoxy) is 1. The first-order valence-corrected chi connectivity index (χ1v) is 6.20. The van der Waals surface area contributed by atoms with Crippen molar-refractivity contribution in [3.8, 4) is 0 Å². The quantitative estimate of drug-likeness (QED) is 0.895. The van der Waals surface area contributed by atoms with E-state index in [9.17, 15) is 9.59 Å². The van der Waals surface area contributed by atoms with Gasteiger partial charge in [0, 0.05) is 31.0 Å². The second-order valence-electron chi connectivity index (χ2n) is 4.54. The van der Waals surface area contributed by atoms with Gasteiger partial charge < -0.3 is 14.7 Å². The van der Waals surface area contributed by atoms with E-state index in [1.165, 1.54) is 4.90 Å². The van der Waals surface area contributed by atoms with E-state index < -0.39 is 18.0 Å². The van der Waals surface area contributed by atoms with Crippen LogP contribution >= 0.6 is 0 Å². The lowest BCUT2D eigenvalue weighted by atomic mass is 9.99. The highest BCUT2D eigenvalue weighted by Crippen LogP contribution is 2.17. The summed E-state index contributed by atoms with van der Waals surface area (Å²) in [6.07, 6.45) is 4.12. The van der Waals surface area contributed by atoms with Gasteiger partial charge in [-0.3, -0.25) is 9.78 Å². The summed E-state index contributed by atoms with van der Waals surface area (Å²) in [6, 6.07) is 3.58. The number of carboxylic acid groups (broad SMARTS) is 1. The molecular formula is C13H16N2O4. The van der Waals surface area contributed by atoms with Gasteiger partial charge in [-0.25, -0.2) is 4.79 Å². The Kier molecular flexibility index (Phi) is 4.33. The van der Waals surface area contributed by atoms with E-state index in [1.807, 2.05) is 6.07 Å². The zero-order valence-corrected chi connectivity index (χ0v) is 10.5. The van der Waals surface area contributed by atoms with Gasteiger partial charge >= 0.3 is 12.1 Å². The van der Waals surface area contributed by atoms with Crippen LogP contribution < -0.4 is 0 Å². The number of carbonyl (C=O) groups is 2. The van der Waals surface area contributed by atoms with Crippen molar-refractivity contribution in [2.24, 2.45) is 5.92 Å². The topological polar surface area (TPSA) is 79.7 Å². The molecule has 102 valence electrons. The second-order valence-corrected chi connectivity index (χ2v) is 4.54. The highest BCUT2D eigenvalue weighted by molar-refractivity contribution is 5.73. The lowest BCUT2D eigenvalue weighted by Gasteiger charge is -2.29. The predicted octanol–water partition coefficient (Wildman–Crippen LogP) is 1.51. The number of hydrogen-bond donors (Lipinski definition) is 1. The summed E-state index contributed by atoms with van der Waals surface area (Å²) >= 11 is 0. The van der Waals surface area contributed by atoms with Crippen LogP contribution in [0.15, 0.2) is 24.5 Å². The Morgan fingerprint density at radius 1 is 1.53 bits per heavy atom. The lowest BCUT2D eigenvalue weighted by molar-refractivity contribution is -0.143. The first-order valence-electron chi connectivity index (χ1n) is 6.20. The fraction of sp³-hybridized carbons (Fsp3) is 0.462. The summed E-state index contributed by atoms with van der Waals surface area (Å²) < 4.78 is 5.15. The number of nitrogens with zero attached hydrogens (tertiary/aromatic N) is 2. The molecule has 1 aromatic rings. The van der Waals surface area contributed by atoms with E-state index in [4.69, 9.17) is 9.84 Å². The van der Waals surface area contributed by atoms with Crippen molar-refractivity contribution in [2.75, 3.05) is 13.1 Å². The molecular weight excluding hydrogens is 248 g/mol. The van der Waals surface area contributed by atoms with Crippen molar-refractivity contribution in [1.29, 1.82) is 0 Å². The molecule has 2 heterocycles. The average Bonchev–Trinajstić information content (AvgIpc) is 2.46. The molecule has 19 heavy (non-hydrogen) atoms. The summed E-state index contributed by atoms with van der Waals surface area (Å²) in [6.45, 7) is 0.928. The van der Waals surface area contributed by atoms with Gasteiger partial charge in [-0.1, -0.05) is 6.07 Å². The fourth-order valence-electron chi connectivity index (χ4n) is 2.06. The largest absolute Gasteiger partial charge is 0.481 e. The van der Waals surface area contributed by atoms with Crippen molar-refractivity contribution in [1.82, 2.24) is 9.88 Å². The van der Waals surface area contributed by atoms with Gasteiger partial charge in [0.05, 0.1) is 5.92 Å². The fourth-order valence-corrected chi connectivity index (χ4v) is 2.06. The smallest absolute Gasteiger partial charge is 0.410 e. The molecule has 0 bridgehead atoms. The Balaban J connectivity index is 1.84. The number of amides is 1. The molecule has 2 rings (SSSR count). The van der Waals surface area contributed by atoms with Crippen LogP contribution in [0.2, 0.25) is 0 Å². The number of aromatic nitrogens is 1. The third-order valence-corrected chi connectivity index (χ3v) is 3.11. The van der Waals surface area contributed by atoms with Crippen LogP contribution in [0.5, 0.6) is 0 Å². The molecule has 6 nitrogen and oxygen atoms in total. The molecule has 1 amide bonds. The first-order chi connectivity index (χ1) is 9.16. The van der Waals surface area contributed by atoms with Crippen LogP contribution in [0.4, 0.5) is 4.79 Å². The molecule has 0 saturated carbocycles. The van der Waals surface area contributed by atoms with E-state index in [0.29, 0.717) is 19.4 Å². The number of hydrogen-bond acceptors (Lipinski definition) is 4. The lowest BCUT2D eigenvalue weighted by Crippen LogP contribution is -2.42. The van der Waals surface area contributed by atoms with Crippen LogP contribution in [0.25, 0.3) is 0 Å². The Labute approximate surface area is 111 Å². The highest BCUT2D eigenvalue weighted by Gasteiger charge is 2.28. The van der Waals surface area contributed by atoms with E-state index in [2.05, 4.69) is 4.98 Å². The Hall–Kier alpha value is -2.11. The van der Waals surface area contributed by atoms with E-state index >= 15 is 0 Å². The molecule has 1 N–H and O–H groups in total.